The van der Waals surface area contributed by atoms with Crippen LogP contribution in [-0.4, -0.2) is 24.5 Å². The van der Waals surface area contributed by atoms with Gasteiger partial charge in [0.05, 0.1) is 11.0 Å². The summed E-state index contributed by atoms with van der Waals surface area (Å²) in [6.45, 7) is 0. The van der Waals surface area contributed by atoms with E-state index in [9.17, 15) is 0 Å². The van der Waals surface area contributed by atoms with Crippen molar-refractivity contribution < 1.29 is 8.83 Å². The summed E-state index contributed by atoms with van der Waals surface area (Å²) in [6.07, 6.45) is 3.57. The Morgan fingerprint density at radius 2 is 0.860 bits per heavy atom. The molecule has 0 bridgehead atoms. The number of hydrogen-bond acceptors (Lipinski definition) is 6. The molecule has 7 aromatic carbocycles. The summed E-state index contributed by atoms with van der Waals surface area (Å²) in [5, 5.41) is 6.45. The van der Waals surface area contributed by atoms with E-state index < -0.39 is 0 Å². The molecule has 5 heterocycles. The molecule has 0 N–H and O–H groups in total. The topological polar surface area (TPSA) is 82.8 Å². The molecule has 57 heavy (non-hydrogen) atoms. The van der Waals surface area contributed by atoms with E-state index >= 15 is 0 Å². The molecule has 266 valence electrons. The minimum absolute atomic E-state index is 0.563. The molecule has 0 aliphatic rings. The zero-order chi connectivity index (χ0) is 37.5. The molecule has 0 saturated heterocycles. The van der Waals surface area contributed by atoms with Crippen molar-refractivity contribution in [3.63, 3.8) is 0 Å². The lowest BCUT2D eigenvalue weighted by Crippen LogP contribution is -2.00. The van der Waals surface area contributed by atoms with Crippen LogP contribution in [-0.2, 0) is 0 Å². The summed E-state index contributed by atoms with van der Waals surface area (Å²) < 4.78 is 14.6. The highest BCUT2D eigenvalue weighted by atomic mass is 16.3. The molecule has 0 saturated carbocycles. The molecule has 0 radical (unpaired) electrons. The molecule has 12 rings (SSSR count). The molecular weight excluding hydrogens is 703 g/mol. The Kier molecular flexibility index (Phi) is 6.79. The number of nitrogens with zero attached hydrogens (tertiary/aromatic N) is 5. The fourth-order valence-electron chi connectivity index (χ4n) is 8.23. The van der Waals surface area contributed by atoms with Crippen LogP contribution in [0, 0.1) is 0 Å². The Balaban J connectivity index is 0.985. The number of rotatable bonds is 5. The second-order valence-corrected chi connectivity index (χ2v) is 14.3. The number of para-hydroxylation sites is 3. The Hall–Kier alpha value is -7.90. The van der Waals surface area contributed by atoms with Crippen LogP contribution in [0.25, 0.3) is 117 Å². The lowest BCUT2D eigenvalue weighted by Gasteiger charge is -2.11. The van der Waals surface area contributed by atoms with E-state index in [1.54, 1.807) is 6.20 Å². The predicted molar refractivity (Wildman–Crippen MR) is 228 cm³/mol. The number of furan rings is 2. The van der Waals surface area contributed by atoms with Gasteiger partial charge in [-0.1, -0.05) is 84.9 Å². The number of benzene rings is 7. The van der Waals surface area contributed by atoms with Crippen molar-refractivity contribution in [1.29, 1.82) is 0 Å². The molecule has 12 aromatic rings. The van der Waals surface area contributed by atoms with Gasteiger partial charge in [0.15, 0.2) is 17.5 Å². The summed E-state index contributed by atoms with van der Waals surface area (Å²) in [6, 6.07) is 56.5. The molecule has 7 heteroatoms. The molecule has 0 atom stereocenters. The standard InChI is InChI=1S/C50H29N5O2/c1-4-13-42-36(10-1)37-11-2-5-14-43(37)55(42)35-20-16-30(17-21-35)31-8-7-9-32(26-31)48-52-49(33-18-22-45-39(27-33)38-12-3-6-15-44(38)56-45)54-50(53-48)34-19-23-46-40(28-34)41-29-51-25-24-47(41)57-46/h1-29H. The van der Waals surface area contributed by atoms with Crippen molar-refractivity contribution in [3.8, 4) is 51.0 Å². The van der Waals surface area contributed by atoms with Gasteiger partial charge in [-0.2, -0.15) is 0 Å². The van der Waals surface area contributed by atoms with Gasteiger partial charge in [-0.3, -0.25) is 4.98 Å². The Morgan fingerprint density at radius 3 is 1.53 bits per heavy atom. The smallest absolute Gasteiger partial charge is 0.164 e. The first-order valence-electron chi connectivity index (χ1n) is 18.9. The number of pyridine rings is 1. The summed E-state index contributed by atoms with van der Waals surface area (Å²) in [4.78, 5) is 19.7. The molecule has 0 amide bonds. The van der Waals surface area contributed by atoms with Crippen LogP contribution in [0.2, 0.25) is 0 Å². The second kappa shape index (κ2) is 12.3. The van der Waals surface area contributed by atoms with Crippen LogP contribution in [0.4, 0.5) is 0 Å². The highest BCUT2D eigenvalue weighted by Crippen LogP contribution is 2.36. The van der Waals surface area contributed by atoms with Gasteiger partial charge in [0.1, 0.15) is 22.3 Å². The van der Waals surface area contributed by atoms with Crippen molar-refractivity contribution in [1.82, 2.24) is 24.5 Å². The van der Waals surface area contributed by atoms with Gasteiger partial charge >= 0.3 is 0 Å². The largest absolute Gasteiger partial charge is 0.456 e. The quantitative estimate of drug-likeness (QED) is 0.175. The van der Waals surface area contributed by atoms with Crippen molar-refractivity contribution in [3.05, 3.63) is 176 Å². The van der Waals surface area contributed by atoms with E-state index in [1.807, 2.05) is 54.7 Å². The Morgan fingerprint density at radius 1 is 0.351 bits per heavy atom. The summed E-state index contributed by atoms with van der Waals surface area (Å²) in [5.41, 5.74) is 11.5. The normalized spacial score (nSPS) is 11.9. The van der Waals surface area contributed by atoms with E-state index in [-0.39, 0.29) is 0 Å². The van der Waals surface area contributed by atoms with Crippen LogP contribution >= 0.6 is 0 Å². The Labute approximate surface area is 325 Å². The third-order valence-electron chi connectivity index (χ3n) is 11.0. The molecule has 0 fully saturated rings. The highest BCUT2D eigenvalue weighted by molar-refractivity contribution is 6.09. The number of hydrogen-bond donors (Lipinski definition) is 0. The maximum Gasteiger partial charge on any atom is 0.164 e. The summed E-state index contributed by atoms with van der Waals surface area (Å²) in [7, 11) is 0. The van der Waals surface area contributed by atoms with Crippen LogP contribution in [0.5, 0.6) is 0 Å². The molecule has 0 aliphatic heterocycles. The van der Waals surface area contributed by atoms with E-state index in [0.717, 1.165) is 77.4 Å². The lowest BCUT2D eigenvalue weighted by atomic mass is 10.0. The average Bonchev–Trinajstić information content (AvgIpc) is 3.95. The molecule has 0 aliphatic carbocycles. The van der Waals surface area contributed by atoms with Crippen molar-refractivity contribution in [2.45, 2.75) is 0 Å². The average molecular weight is 732 g/mol. The van der Waals surface area contributed by atoms with E-state index in [0.29, 0.717) is 17.5 Å². The maximum absolute atomic E-state index is 6.15. The van der Waals surface area contributed by atoms with Crippen LogP contribution in [0.3, 0.4) is 0 Å². The minimum Gasteiger partial charge on any atom is -0.456 e. The van der Waals surface area contributed by atoms with Crippen molar-refractivity contribution >= 4 is 65.7 Å². The summed E-state index contributed by atoms with van der Waals surface area (Å²) in [5.74, 6) is 1.71. The first-order chi connectivity index (χ1) is 28.2. The van der Waals surface area contributed by atoms with E-state index in [4.69, 9.17) is 23.8 Å². The van der Waals surface area contributed by atoms with E-state index in [1.165, 1.54) is 21.8 Å². The van der Waals surface area contributed by atoms with E-state index in [2.05, 4.69) is 125 Å². The molecular formula is C50H29N5O2. The summed E-state index contributed by atoms with van der Waals surface area (Å²) >= 11 is 0. The van der Waals surface area contributed by atoms with Gasteiger partial charge in [0, 0.05) is 67.1 Å². The maximum atomic E-state index is 6.15. The minimum atomic E-state index is 0.563. The third kappa shape index (κ3) is 5.06. The molecule has 7 nitrogen and oxygen atoms in total. The third-order valence-corrected chi connectivity index (χ3v) is 11.0. The monoisotopic (exact) mass is 731 g/mol. The van der Waals surface area contributed by atoms with Crippen molar-refractivity contribution in [2.24, 2.45) is 0 Å². The second-order valence-electron chi connectivity index (χ2n) is 14.3. The first kappa shape index (κ1) is 31.5. The van der Waals surface area contributed by atoms with Gasteiger partial charge in [-0.15, -0.1) is 0 Å². The van der Waals surface area contributed by atoms with Crippen LogP contribution < -0.4 is 0 Å². The van der Waals surface area contributed by atoms with Gasteiger partial charge in [-0.25, -0.2) is 15.0 Å². The number of aromatic nitrogens is 5. The SMILES string of the molecule is c1cc(-c2ccc(-n3c4ccccc4c4ccccc43)cc2)cc(-c2nc(-c3ccc4oc5ccccc5c4c3)nc(-c3ccc4oc5ccncc5c4c3)n2)c1. The Bertz CT molecular complexity index is 3360. The lowest BCUT2D eigenvalue weighted by molar-refractivity contribution is 0.668. The first-order valence-corrected chi connectivity index (χ1v) is 18.9. The molecule has 0 unspecified atom stereocenters. The van der Waals surface area contributed by atoms with Gasteiger partial charge in [0.25, 0.3) is 0 Å². The fraction of sp³-hybridized carbons (Fsp3) is 0. The fourth-order valence-corrected chi connectivity index (χ4v) is 8.23. The van der Waals surface area contributed by atoms with Gasteiger partial charge < -0.3 is 13.4 Å². The molecule has 0 spiro atoms. The van der Waals surface area contributed by atoms with Gasteiger partial charge in [-0.05, 0) is 90.0 Å². The van der Waals surface area contributed by atoms with Gasteiger partial charge in [0.2, 0.25) is 0 Å². The highest BCUT2D eigenvalue weighted by Gasteiger charge is 2.17. The number of fused-ring (bicyclic) bond motifs is 9. The zero-order valence-corrected chi connectivity index (χ0v) is 30.3. The predicted octanol–water partition coefficient (Wildman–Crippen LogP) is 12.8. The van der Waals surface area contributed by atoms with Crippen LogP contribution in [0.1, 0.15) is 0 Å². The molecule has 5 aromatic heterocycles. The zero-order valence-electron chi connectivity index (χ0n) is 30.3. The van der Waals surface area contributed by atoms with Crippen LogP contribution in [0.15, 0.2) is 185 Å². The van der Waals surface area contributed by atoms with Crippen molar-refractivity contribution in [2.75, 3.05) is 0 Å².